The Balaban J connectivity index is 1.85. The van der Waals surface area contributed by atoms with Crippen LogP contribution < -0.4 is 9.54 Å². The molecule has 4 rings (SSSR count). The van der Waals surface area contributed by atoms with Crippen LogP contribution in [0.5, 0.6) is 5.75 Å². The summed E-state index contributed by atoms with van der Waals surface area (Å²) < 4.78 is 8.25. The number of methoxy groups -OCH3 is 1. The predicted octanol–water partition coefficient (Wildman–Crippen LogP) is 3.94. The van der Waals surface area contributed by atoms with Gasteiger partial charge < -0.3 is 9.30 Å². The minimum Gasteiger partial charge on any atom is -0.495 e. The fourth-order valence-corrected chi connectivity index (χ4v) is 4.14. The molecule has 0 aliphatic heterocycles. The number of nitrogens with zero attached hydrogens (tertiary/aromatic N) is 3. The Morgan fingerprint density at radius 1 is 1.29 bits per heavy atom. The first-order valence-electron chi connectivity index (χ1n) is 8.67. The van der Waals surface area contributed by atoms with Gasteiger partial charge in [0.1, 0.15) is 11.3 Å². The van der Waals surface area contributed by atoms with Gasteiger partial charge in [0.15, 0.2) is 4.80 Å². The van der Waals surface area contributed by atoms with Crippen LogP contribution in [0.25, 0.3) is 21.1 Å². The molecule has 28 heavy (non-hydrogen) atoms. The third kappa shape index (κ3) is 3.17. The zero-order chi connectivity index (χ0) is 19.7. The summed E-state index contributed by atoms with van der Waals surface area (Å²) in [6.07, 6.45) is 5.55. The van der Waals surface area contributed by atoms with Gasteiger partial charge in [-0.25, -0.2) is 0 Å². The molecule has 0 saturated carbocycles. The summed E-state index contributed by atoms with van der Waals surface area (Å²) in [7, 11) is 1.61. The zero-order valence-corrected chi connectivity index (χ0v) is 16.3. The highest BCUT2D eigenvalue weighted by molar-refractivity contribution is 7.16. The second-order valence-corrected chi connectivity index (χ2v) is 7.27. The molecule has 0 fully saturated rings. The summed E-state index contributed by atoms with van der Waals surface area (Å²) in [6, 6.07) is 15.0. The predicted molar refractivity (Wildman–Crippen MR) is 112 cm³/mol. The van der Waals surface area contributed by atoms with Crippen molar-refractivity contribution in [2.75, 3.05) is 7.11 Å². The Hall–Kier alpha value is -3.43. The molecular formula is C22H17N3O2S. The normalized spacial score (nSPS) is 11.7. The third-order valence-corrected chi connectivity index (χ3v) is 5.45. The van der Waals surface area contributed by atoms with Crippen LogP contribution in [0.3, 0.4) is 0 Å². The number of rotatable bonds is 3. The number of thiazole rings is 1. The summed E-state index contributed by atoms with van der Waals surface area (Å²) in [4.78, 5) is 22.2. The van der Waals surface area contributed by atoms with Crippen LogP contribution in [0.15, 0.2) is 53.5 Å². The van der Waals surface area contributed by atoms with E-state index in [-0.39, 0.29) is 5.91 Å². The van der Waals surface area contributed by atoms with Gasteiger partial charge >= 0.3 is 0 Å². The maximum Gasteiger partial charge on any atom is 0.279 e. The van der Waals surface area contributed by atoms with E-state index in [1.165, 1.54) is 11.3 Å². The molecule has 5 nitrogen and oxygen atoms in total. The van der Waals surface area contributed by atoms with Crippen LogP contribution in [-0.2, 0) is 6.54 Å². The Bertz CT molecular complexity index is 1330. The second-order valence-electron chi connectivity index (χ2n) is 6.26. The molecule has 0 aliphatic carbocycles. The lowest BCUT2D eigenvalue weighted by Crippen LogP contribution is -2.16. The first kappa shape index (κ1) is 18.0. The summed E-state index contributed by atoms with van der Waals surface area (Å²) in [6.45, 7) is 2.24. The molecule has 0 radical (unpaired) electrons. The number of benzene rings is 2. The lowest BCUT2D eigenvalue weighted by atomic mass is 10.1. The van der Waals surface area contributed by atoms with Crippen molar-refractivity contribution in [2.45, 2.75) is 13.5 Å². The van der Waals surface area contributed by atoms with E-state index in [1.54, 1.807) is 13.2 Å². The Kier molecular flexibility index (Phi) is 4.68. The van der Waals surface area contributed by atoms with Gasteiger partial charge in [-0.3, -0.25) is 9.78 Å². The number of fused-ring (bicyclic) bond motifs is 2. The van der Waals surface area contributed by atoms with Crippen molar-refractivity contribution in [1.82, 2.24) is 9.55 Å². The average Bonchev–Trinajstić information content (AvgIpc) is 3.05. The number of amides is 1. The van der Waals surface area contributed by atoms with Crippen LogP contribution in [0, 0.1) is 19.3 Å². The number of para-hydroxylation sites is 1. The van der Waals surface area contributed by atoms with Gasteiger partial charge in [-0.15, -0.1) is 6.42 Å². The van der Waals surface area contributed by atoms with Crippen LogP contribution >= 0.6 is 11.3 Å². The molecule has 0 saturated heterocycles. The fourth-order valence-electron chi connectivity index (χ4n) is 3.10. The molecule has 0 aliphatic rings. The van der Waals surface area contributed by atoms with Crippen molar-refractivity contribution < 1.29 is 9.53 Å². The third-order valence-electron chi connectivity index (χ3n) is 4.41. The number of hydrogen-bond acceptors (Lipinski definition) is 4. The zero-order valence-electron chi connectivity index (χ0n) is 15.5. The fraction of sp³-hybridized carbons (Fsp3) is 0.136. The van der Waals surface area contributed by atoms with Gasteiger partial charge in [-0.2, -0.15) is 4.99 Å². The quantitative estimate of drug-likeness (QED) is 0.500. The molecule has 6 heteroatoms. The summed E-state index contributed by atoms with van der Waals surface area (Å²) in [5.41, 5.74) is 3.14. The van der Waals surface area contributed by atoms with E-state index in [0.29, 0.717) is 22.7 Å². The van der Waals surface area contributed by atoms with Gasteiger partial charge in [-0.1, -0.05) is 29.4 Å². The van der Waals surface area contributed by atoms with Gasteiger partial charge in [0.05, 0.1) is 23.9 Å². The Morgan fingerprint density at radius 2 is 2.14 bits per heavy atom. The lowest BCUT2D eigenvalue weighted by Gasteiger charge is -2.05. The molecule has 2 heterocycles. The SMILES string of the molecule is C#CCn1c(=NC(=O)c2ccc3nc(C)ccc3c2)sc2cccc(OC)c21. The Labute approximate surface area is 166 Å². The molecule has 0 N–H and O–H groups in total. The number of carbonyl (C=O) groups is 1. The Morgan fingerprint density at radius 3 is 2.93 bits per heavy atom. The van der Waals surface area contributed by atoms with Crippen molar-refractivity contribution in [2.24, 2.45) is 4.99 Å². The maximum atomic E-state index is 12.8. The van der Waals surface area contributed by atoms with Crippen molar-refractivity contribution in [3.8, 4) is 18.1 Å². The molecule has 4 aromatic rings. The van der Waals surface area contributed by atoms with Gasteiger partial charge in [0.25, 0.3) is 5.91 Å². The monoisotopic (exact) mass is 387 g/mol. The molecule has 0 unspecified atom stereocenters. The van der Waals surface area contributed by atoms with Crippen LogP contribution in [0.1, 0.15) is 16.1 Å². The van der Waals surface area contributed by atoms with Crippen LogP contribution in [0.2, 0.25) is 0 Å². The number of ether oxygens (including phenoxy) is 1. The molecule has 138 valence electrons. The maximum absolute atomic E-state index is 12.8. The molecule has 0 atom stereocenters. The van der Waals surface area contributed by atoms with E-state index < -0.39 is 0 Å². The lowest BCUT2D eigenvalue weighted by molar-refractivity contribution is 0.0998. The van der Waals surface area contributed by atoms with E-state index in [1.807, 2.05) is 54.0 Å². The summed E-state index contributed by atoms with van der Waals surface area (Å²) in [5, 5.41) is 0.904. The smallest absolute Gasteiger partial charge is 0.279 e. The van der Waals surface area contributed by atoms with Crippen LogP contribution in [0.4, 0.5) is 0 Å². The first-order chi connectivity index (χ1) is 13.6. The van der Waals surface area contributed by atoms with E-state index in [0.717, 1.165) is 26.8 Å². The average molecular weight is 387 g/mol. The van der Waals surface area contributed by atoms with Crippen molar-refractivity contribution >= 4 is 38.4 Å². The first-order valence-corrected chi connectivity index (χ1v) is 9.48. The topological polar surface area (TPSA) is 56.5 Å². The molecule has 0 spiro atoms. The van der Waals surface area contributed by atoms with E-state index in [4.69, 9.17) is 11.2 Å². The summed E-state index contributed by atoms with van der Waals surface area (Å²) >= 11 is 1.41. The number of aromatic nitrogens is 2. The standard InChI is InChI=1S/C22H17N3O2S/c1-4-12-25-20-18(27-3)6-5-7-19(20)28-22(25)24-21(26)16-10-11-17-15(13-16)9-8-14(2)23-17/h1,5-11,13H,12H2,2-3H3. The van der Waals surface area contributed by atoms with Crippen LogP contribution in [-0.4, -0.2) is 22.6 Å². The van der Waals surface area contributed by atoms with Gasteiger partial charge in [-0.05, 0) is 43.3 Å². The van der Waals surface area contributed by atoms with Crippen molar-refractivity contribution in [1.29, 1.82) is 0 Å². The molecule has 2 aromatic heterocycles. The molecule has 1 amide bonds. The highest BCUT2D eigenvalue weighted by Gasteiger charge is 2.13. The van der Waals surface area contributed by atoms with E-state index in [9.17, 15) is 4.79 Å². The highest BCUT2D eigenvalue weighted by Crippen LogP contribution is 2.27. The van der Waals surface area contributed by atoms with Gasteiger partial charge in [0, 0.05) is 16.6 Å². The number of aryl methyl sites for hydroxylation is 1. The number of hydrogen-bond donors (Lipinski definition) is 0. The number of terminal acetylenes is 1. The summed E-state index contributed by atoms with van der Waals surface area (Å²) in [5.74, 6) is 3.01. The largest absolute Gasteiger partial charge is 0.495 e. The number of carbonyl (C=O) groups excluding carboxylic acids is 1. The minimum atomic E-state index is -0.321. The highest BCUT2D eigenvalue weighted by atomic mass is 32.1. The van der Waals surface area contributed by atoms with E-state index in [2.05, 4.69) is 15.9 Å². The molecular weight excluding hydrogens is 370 g/mol. The van der Waals surface area contributed by atoms with Crippen molar-refractivity contribution in [3.05, 3.63) is 64.6 Å². The van der Waals surface area contributed by atoms with Crippen molar-refractivity contribution in [3.63, 3.8) is 0 Å². The molecule has 2 aromatic carbocycles. The molecule has 0 bridgehead atoms. The number of pyridine rings is 1. The second kappa shape index (κ2) is 7.29. The van der Waals surface area contributed by atoms with Gasteiger partial charge in [0.2, 0.25) is 0 Å². The van der Waals surface area contributed by atoms with E-state index >= 15 is 0 Å². The minimum absolute atomic E-state index is 0.299.